The number of aromatic nitrogens is 1. The average molecular weight is 264 g/mol. The molecule has 90 valence electrons. The minimum Gasteiger partial charge on any atom is -0.313 e. The Bertz CT molecular complexity index is 437. The minimum absolute atomic E-state index is 0.413. The molecule has 0 aliphatic carbocycles. The molecule has 1 aromatic carbocycles. The monoisotopic (exact) mass is 264 g/mol. The van der Waals surface area contributed by atoms with E-state index in [0.29, 0.717) is 6.04 Å². The van der Waals surface area contributed by atoms with E-state index >= 15 is 0 Å². The predicted molar refractivity (Wildman–Crippen MR) is 75.6 cm³/mol. The Morgan fingerprint density at radius 3 is 2.71 bits per heavy atom. The van der Waals surface area contributed by atoms with Gasteiger partial charge in [-0.25, -0.2) is 0 Å². The van der Waals surface area contributed by atoms with Crippen LogP contribution in [0.25, 0.3) is 0 Å². The van der Waals surface area contributed by atoms with Crippen molar-refractivity contribution in [3.8, 4) is 0 Å². The summed E-state index contributed by atoms with van der Waals surface area (Å²) in [4.78, 5) is 6.71. The molecular weight excluding hydrogens is 248 g/mol. The number of benzene rings is 1. The zero-order valence-corrected chi connectivity index (χ0v) is 11.6. The van der Waals surface area contributed by atoms with Gasteiger partial charge in [0.2, 0.25) is 0 Å². The molecule has 1 N–H and O–H groups in total. The Hall–Kier alpha value is -0.840. The average Bonchev–Trinajstić information content (AvgIpc) is 2.89. The van der Waals surface area contributed by atoms with Crippen LogP contribution in [0.4, 0.5) is 0 Å². The maximum absolute atomic E-state index is 4.08. The highest BCUT2D eigenvalue weighted by molar-refractivity contribution is 7.98. The van der Waals surface area contributed by atoms with E-state index in [1.807, 2.05) is 30.5 Å². The molecule has 2 aromatic rings. The van der Waals surface area contributed by atoms with Gasteiger partial charge in [0.1, 0.15) is 0 Å². The first kappa shape index (κ1) is 12.6. The molecule has 0 amide bonds. The lowest BCUT2D eigenvalue weighted by atomic mass is 10.1. The van der Waals surface area contributed by atoms with Crippen LogP contribution < -0.4 is 5.32 Å². The van der Waals surface area contributed by atoms with Gasteiger partial charge in [0.15, 0.2) is 0 Å². The van der Waals surface area contributed by atoms with Crippen LogP contribution in [0.3, 0.4) is 0 Å². The quantitative estimate of drug-likeness (QED) is 0.833. The topological polar surface area (TPSA) is 24.9 Å². The summed E-state index contributed by atoms with van der Waals surface area (Å²) in [6, 6.07) is 9.17. The van der Waals surface area contributed by atoms with Crippen molar-refractivity contribution in [1.29, 1.82) is 0 Å². The molecule has 0 fully saturated rings. The van der Waals surface area contributed by atoms with E-state index < -0.39 is 0 Å². The maximum atomic E-state index is 4.08. The van der Waals surface area contributed by atoms with E-state index in [-0.39, 0.29) is 0 Å². The van der Waals surface area contributed by atoms with Gasteiger partial charge < -0.3 is 5.32 Å². The van der Waals surface area contributed by atoms with E-state index in [0.717, 1.165) is 5.75 Å². The van der Waals surface area contributed by atoms with Crippen LogP contribution in [-0.2, 0) is 5.75 Å². The third-order valence-electron chi connectivity index (χ3n) is 2.68. The molecule has 0 aliphatic heterocycles. The van der Waals surface area contributed by atoms with Crippen LogP contribution in [-0.4, -0.2) is 12.0 Å². The Labute approximate surface area is 110 Å². The normalized spacial score (nSPS) is 12.6. The summed E-state index contributed by atoms with van der Waals surface area (Å²) in [5, 5.41) is 3.24. The van der Waals surface area contributed by atoms with Crippen LogP contribution in [0.1, 0.15) is 23.4 Å². The fourth-order valence-corrected chi connectivity index (χ4v) is 3.03. The standard InChI is InChI=1S/C13H16N2S2/c1-10(14-2)11-3-5-12(6-4-11)16-8-13-7-15-9-17-13/h3-7,9-10,14H,8H2,1-2H3. The SMILES string of the molecule is CNC(C)c1ccc(SCc2cncs2)cc1. The summed E-state index contributed by atoms with van der Waals surface area (Å²) >= 11 is 3.57. The highest BCUT2D eigenvalue weighted by Gasteiger charge is 2.02. The number of thioether (sulfide) groups is 1. The first-order chi connectivity index (χ1) is 8.29. The number of rotatable bonds is 5. The Morgan fingerprint density at radius 1 is 1.35 bits per heavy atom. The Morgan fingerprint density at radius 2 is 2.12 bits per heavy atom. The molecular formula is C13H16N2S2. The zero-order valence-electron chi connectivity index (χ0n) is 10.0. The molecule has 0 bridgehead atoms. The number of nitrogens with zero attached hydrogens (tertiary/aromatic N) is 1. The van der Waals surface area contributed by atoms with Gasteiger partial charge in [0.25, 0.3) is 0 Å². The highest BCUT2D eigenvalue weighted by Crippen LogP contribution is 2.25. The van der Waals surface area contributed by atoms with Crippen LogP contribution in [0.15, 0.2) is 40.9 Å². The fraction of sp³-hybridized carbons (Fsp3) is 0.308. The number of nitrogens with one attached hydrogen (secondary N) is 1. The lowest BCUT2D eigenvalue weighted by Gasteiger charge is -2.10. The van der Waals surface area contributed by atoms with Crippen LogP contribution >= 0.6 is 23.1 Å². The lowest BCUT2D eigenvalue weighted by Crippen LogP contribution is -2.11. The molecule has 2 rings (SSSR count). The molecule has 2 nitrogen and oxygen atoms in total. The first-order valence-corrected chi connectivity index (χ1v) is 7.43. The van der Waals surface area contributed by atoms with Crippen molar-refractivity contribution >= 4 is 23.1 Å². The van der Waals surface area contributed by atoms with Gasteiger partial charge in [0, 0.05) is 27.8 Å². The number of thiazole rings is 1. The summed E-state index contributed by atoms with van der Waals surface area (Å²) in [5.41, 5.74) is 3.21. The second-order valence-electron chi connectivity index (χ2n) is 3.84. The van der Waals surface area contributed by atoms with Crippen molar-refractivity contribution in [3.63, 3.8) is 0 Å². The van der Waals surface area contributed by atoms with Gasteiger partial charge in [-0.15, -0.1) is 23.1 Å². The van der Waals surface area contributed by atoms with Gasteiger partial charge >= 0.3 is 0 Å². The third kappa shape index (κ3) is 3.56. The van der Waals surface area contributed by atoms with E-state index in [1.54, 1.807) is 11.3 Å². The summed E-state index contributed by atoms with van der Waals surface area (Å²) in [5.74, 6) is 1.01. The van der Waals surface area contributed by atoms with Gasteiger partial charge in [0.05, 0.1) is 5.51 Å². The predicted octanol–water partition coefficient (Wildman–Crippen LogP) is 3.72. The van der Waals surface area contributed by atoms with Gasteiger partial charge in [-0.2, -0.15) is 0 Å². The molecule has 1 atom stereocenters. The summed E-state index contributed by atoms with van der Waals surface area (Å²) < 4.78 is 0. The van der Waals surface area contributed by atoms with Crippen molar-refractivity contribution in [2.24, 2.45) is 0 Å². The van der Waals surface area contributed by atoms with Crippen LogP contribution in [0.2, 0.25) is 0 Å². The Balaban J connectivity index is 1.94. The molecule has 1 heterocycles. The number of hydrogen-bond acceptors (Lipinski definition) is 4. The third-order valence-corrected chi connectivity index (χ3v) is 4.70. The highest BCUT2D eigenvalue weighted by atomic mass is 32.2. The first-order valence-electron chi connectivity index (χ1n) is 5.57. The molecule has 0 spiro atoms. The van der Waals surface area contributed by atoms with E-state index in [2.05, 4.69) is 41.5 Å². The van der Waals surface area contributed by atoms with Crippen LogP contribution in [0.5, 0.6) is 0 Å². The van der Waals surface area contributed by atoms with E-state index in [4.69, 9.17) is 0 Å². The lowest BCUT2D eigenvalue weighted by molar-refractivity contribution is 0.652. The van der Waals surface area contributed by atoms with Gasteiger partial charge in [-0.1, -0.05) is 12.1 Å². The van der Waals surface area contributed by atoms with Gasteiger partial charge in [-0.05, 0) is 31.7 Å². The number of hydrogen-bond donors (Lipinski definition) is 1. The van der Waals surface area contributed by atoms with Crippen LogP contribution in [0, 0.1) is 0 Å². The summed E-state index contributed by atoms with van der Waals surface area (Å²) in [6.07, 6.45) is 1.94. The molecule has 0 radical (unpaired) electrons. The van der Waals surface area contributed by atoms with Crippen molar-refractivity contribution in [2.75, 3.05) is 7.05 Å². The molecule has 1 unspecified atom stereocenters. The second-order valence-corrected chi connectivity index (χ2v) is 5.86. The van der Waals surface area contributed by atoms with Crippen molar-refractivity contribution in [3.05, 3.63) is 46.4 Å². The van der Waals surface area contributed by atoms with E-state index in [1.165, 1.54) is 15.3 Å². The second kappa shape index (κ2) is 6.19. The molecule has 0 aliphatic rings. The molecule has 0 saturated carbocycles. The zero-order chi connectivity index (χ0) is 12.1. The fourth-order valence-electron chi connectivity index (χ4n) is 1.49. The summed E-state index contributed by atoms with van der Waals surface area (Å²) in [6.45, 7) is 2.17. The molecule has 1 aromatic heterocycles. The van der Waals surface area contributed by atoms with Crippen molar-refractivity contribution in [2.45, 2.75) is 23.6 Å². The minimum atomic E-state index is 0.413. The maximum Gasteiger partial charge on any atom is 0.0794 e. The smallest absolute Gasteiger partial charge is 0.0794 e. The Kier molecular flexibility index (Phi) is 4.59. The largest absolute Gasteiger partial charge is 0.313 e. The molecule has 17 heavy (non-hydrogen) atoms. The summed E-state index contributed by atoms with van der Waals surface area (Å²) in [7, 11) is 1.98. The molecule has 4 heteroatoms. The molecule has 0 saturated heterocycles. The van der Waals surface area contributed by atoms with Gasteiger partial charge in [-0.3, -0.25) is 4.98 Å². The van der Waals surface area contributed by atoms with Crippen molar-refractivity contribution < 1.29 is 0 Å². The van der Waals surface area contributed by atoms with E-state index in [9.17, 15) is 0 Å². The van der Waals surface area contributed by atoms with Crippen molar-refractivity contribution in [1.82, 2.24) is 10.3 Å².